The molecule has 7 rings (SSSR count). The van der Waals surface area contributed by atoms with Crippen LogP contribution in [-0.2, 0) is 38.0 Å². The van der Waals surface area contributed by atoms with Gasteiger partial charge in [0.25, 0.3) is 0 Å². The number of hydrogen-bond acceptors (Lipinski definition) is 12. The van der Waals surface area contributed by atoms with Gasteiger partial charge in [-0.05, 0) is 127 Å². The Bertz CT molecular complexity index is 2090. The highest BCUT2D eigenvalue weighted by molar-refractivity contribution is 5.82. The van der Waals surface area contributed by atoms with Gasteiger partial charge in [0, 0.05) is 18.6 Å². The summed E-state index contributed by atoms with van der Waals surface area (Å²) >= 11 is 0. The summed E-state index contributed by atoms with van der Waals surface area (Å²) < 4.78 is 35.2. The second kappa shape index (κ2) is 29.7. The summed E-state index contributed by atoms with van der Waals surface area (Å²) in [6, 6.07) is 0. The molecule has 4 bridgehead atoms. The third-order valence-electron chi connectivity index (χ3n) is 14.7. The number of aliphatic hydroxyl groups is 4. The first kappa shape index (κ1) is 58.0. The first-order valence-corrected chi connectivity index (χ1v) is 27.1. The van der Waals surface area contributed by atoms with E-state index in [2.05, 4.69) is 65.2 Å². The van der Waals surface area contributed by atoms with Gasteiger partial charge in [0.05, 0.1) is 62.0 Å². The van der Waals surface area contributed by atoms with Gasteiger partial charge in [-0.15, -0.1) is 0 Å². The molecule has 1 fully saturated rings. The summed E-state index contributed by atoms with van der Waals surface area (Å²) in [4.78, 5) is 25.2. The highest BCUT2D eigenvalue weighted by Gasteiger charge is 2.45. The number of aliphatic hydroxyl groups excluding tert-OH is 4. The second-order valence-electron chi connectivity index (χ2n) is 21.8. The predicted molar refractivity (Wildman–Crippen MR) is 285 cm³/mol. The van der Waals surface area contributed by atoms with Crippen molar-refractivity contribution in [3.8, 4) is 0 Å². The van der Waals surface area contributed by atoms with Crippen LogP contribution in [0.25, 0.3) is 0 Å². The van der Waals surface area contributed by atoms with Gasteiger partial charge in [0.1, 0.15) is 24.4 Å². The summed E-state index contributed by atoms with van der Waals surface area (Å²) in [6.45, 7) is 18.1. The molecule has 73 heavy (non-hydrogen) atoms. The van der Waals surface area contributed by atoms with Crippen LogP contribution in [0.4, 0.5) is 0 Å². The molecule has 0 spiro atoms. The van der Waals surface area contributed by atoms with Crippen molar-refractivity contribution in [3.63, 3.8) is 0 Å². The highest BCUT2D eigenvalue weighted by Crippen LogP contribution is 2.47. The topological polar surface area (TPSA) is 170 Å². The average Bonchev–Trinajstić information content (AvgIpc) is 4.11. The molecule has 0 aromatic carbocycles. The Hall–Kier alpha value is -4.24. The van der Waals surface area contributed by atoms with Gasteiger partial charge in [-0.25, -0.2) is 9.59 Å². The Morgan fingerprint density at radius 1 is 0.589 bits per heavy atom. The van der Waals surface area contributed by atoms with Crippen molar-refractivity contribution in [2.24, 2.45) is 23.7 Å². The fraction of sp³-hybridized carbons (Fsp3) is 0.607. The molecule has 6 heterocycles. The number of esters is 2. The predicted octanol–water partition coefficient (Wildman–Crippen LogP) is 9.87. The smallest absolute Gasteiger partial charge is 0.330 e. The summed E-state index contributed by atoms with van der Waals surface area (Å²) in [5.74, 6) is 0.179. The number of hydrogen-bond donors (Lipinski definition) is 4. The minimum atomic E-state index is -1.01. The van der Waals surface area contributed by atoms with Crippen molar-refractivity contribution in [1.29, 1.82) is 0 Å². The van der Waals surface area contributed by atoms with Crippen LogP contribution in [0.1, 0.15) is 124 Å². The first-order chi connectivity index (χ1) is 35.0. The molecule has 7 aliphatic rings. The summed E-state index contributed by atoms with van der Waals surface area (Å²) in [5.41, 5.74) is 4.57. The third kappa shape index (κ3) is 21.1. The Morgan fingerprint density at radius 2 is 1.08 bits per heavy atom. The van der Waals surface area contributed by atoms with E-state index in [0.29, 0.717) is 57.2 Å². The molecular formula is C61H86O12. The Labute approximate surface area is 435 Å². The lowest BCUT2D eigenvalue weighted by atomic mass is 9.90. The van der Waals surface area contributed by atoms with Gasteiger partial charge in [-0.2, -0.15) is 0 Å². The standard InChI is InChI=1S/C31H44O6.C30H42O6/c1-20-12-13-35-25(15-20)10-11-28(32)30-19-23-18-27(23)29(33)17-22(3)14-21(2)16-26-8-4-6-24(36-26)7-5-9-31(34)37-30;1-21-15-16-34-26(19-21)13-14-28(32)29-11-4-7-24(31)18-22(2)17-23(3)20-27-10-5-8-25(35-27)9-6-12-30(33)36-29/h4-6,9-12,21,23-30,32-33H,3,7-8,13-19H2,1-2H3;4-8,12-15,23-29,31-32H,2,9-11,16-20H2,1,3H3/b9-5-,11-10+;7-4+,12-6-,14-13+/t21-,23-,24-,25+,26-,27+,28-,29-,30-;23-,24+,25-,26+,27-,28-,29-/m00/s1. The highest BCUT2D eigenvalue weighted by atomic mass is 16.6. The fourth-order valence-corrected chi connectivity index (χ4v) is 10.7. The van der Waals surface area contributed by atoms with Crippen LogP contribution in [0.15, 0.2) is 133 Å². The third-order valence-corrected chi connectivity index (χ3v) is 14.7. The lowest BCUT2D eigenvalue weighted by Gasteiger charge is -2.28. The summed E-state index contributed by atoms with van der Waals surface area (Å²) in [6.07, 6.45) is 35.5. The van der Waals surface area contributed by atoms with Gasteiger partial charge in [0.2, 0.25) is 0 Å². The average molecular weight is 1010 g/mol. The first-order valence-electron chi connectivity index (χ1n) is 27.1. The van der Waals surface area contributed by atoms with Crippen molar-refractivity contribution >= 4 is 11.9 Å². The molecular weight excluding hydrogens is 925 g/mol. The maximum Gasteiger partial charge on any atom is 0.330 e. The van der Waals surface area contributed by atoms with Gasteiger partial charge in [-0.3, -0.25) is 0 Å². The molecule has 1 saturated carbocycles. The van der Waals surface area contributed by atoms with Crippen LogP contribution in [0.3, 0.4) is 0 Å². The molecule has 402 valence electrons. The molecule has 0 unspecified atom stereocenters. The Balaban J connectivity index is 0.000000238. The van der Waals surface area contributed by atoms with E-state index >= 15 is 0 Å². The van der Waals surface area contributed by atoms with E-state index in [4.69, 9.17) is 28.4 Å². The van der Waals surface area contributed by atoms with Gasteiger partial charge < -0.3 is 48.8 Å². The Morgan fingerprint density at radius 3 is 1.62 bits per heavy atom. The van der Waals surface area contributed by atoms with Gasteiger partial charge >= 0.3 is 11.9 Å². The molecule has 0 saturated heterocycles. The van der Waals surface area contributed by atoms with Crippen molar-refractivity contribution in [1.82, 2.24) is 0 Å². The molecule has 0 aromatic heterocycles. The zero-order chi connectivity index (χ0) is 52.3. The van der Waals surface area contributed by atoms with Crippen LogP contribution in [0.5, 0.6) is 0 Å². The minimum Gasteiger partial charge on any atom is -0.456 e. The summed E-state index contributed by atoms with van der Waals surface area (Å²) in [5, 5.41) is 43.1. The van der Waals surface area contributed by atoms with Crippen LogP contribution in [0.2, 0.25) is 0 Å². The number of cyclic esters (lactones) is 2. The van der Waals surface area contributed by atoms with Crippen molar-refractivity contribution in [2.45, 2.75) is 197 Å². The van der Waals surface area contributed by atoms with E-state index in [1.165, 1.54) is 23.3 Å². The second-order valence-corrected chi connectivity index (χ2v) is 21.8. The number of fused-ring (bicyclic) bond motifs is 5. The van der Waals surface area contributed by atoms with E-state index in [1.54, 1.807) is 36.5 Å². The largest absolute Gasteiger partial charge is 0.456 e. The lowest BCUT2D eigenvalue weighted by Crippen LogP contribution is -2.31. The van der Waals surface area contributed by atoms with Crippen LogP contribution < -0.4 is 0 Å². The maximum absolute atomic E-state index is 12.7. The van der Waals surface area contributed by atoms with Crippen LogP contribution >= 0.6 is 0 Å². The van der Waals surface area contributed by atoms with Crippen molar-refractivity contribution in [2.75, 3.05) is 13.2 Å². The Kier molecular flexibility index (Phi) is 23.6. The van der Waals surface area contributed by atoms with E-state index in [1.807, 2.05) is 24.3 Å². The molecule has 1 aliphatic carbocycles. The normalized spacial score (nSPS) is 37.8. The van der Waals surface area contributed by atoms with Crippen molar-refractivity contribution in [3.05, 3.63) is 133 Å². The van der Waals surface area contributed by atoms with E-state index in [0.717, 1.165) is 68.9 Å². The molecule has 16 atom stereocenters. The molecule has 6 aliphatic heterocycles. The monoisotopic (exact) mass is 1010 g/mol. The fourth-order valence-electron chi connectivity index (χ4n) is 10.7. The van der Waals surface area contributed by atoms with Crippen LogP contribution in [0, 0.1) is 23.7 Å². The number of ether oxygens (including phenoxy) is 6. The molecule has 12 nitrogen and oxygen atoms in total. The van der Waals surface area contributed by atoms with Crippen molar-refractivity contribution < 1.29 is 58.4 Å². The van der Waals surface area contributed by atoms with Crippen LogP contribution in [-0.4, -0.2) is 119 Å². The number of carbonyl (C=O) groups excluding carboxylic acids is 2. The van der Waals surface area contributed by atoms with E-state index in [-0.39, 0.29) is 54.9 Å². The van der Waals surface area contributed by atoms with Gasteiger partial charge in [0.15, 0.2) is 0 Å². The zero-order valence-corrected chi connectivity index (χ0v) is 44.0. The number of carbonyl (C=O) groups is 2. The van der Waals surface area contributed by atoms with Gasteiger partial charge in [-0.1, -0.05) is 134 Å². The quantitative estimate of drug-likeness (QED) is 0.147. The zero-order valence-electron chi connectivity index (χ0n) is 44.0. The van der Waals surface area contributed by atoms with E-state index < -0.39 is 48.6 Å². The van der Waals surface area contributed by atoms with E-state index in [9.17, 15) is 30.0 Å². The molecule has 0 aromatic rings. The molecule has 12 heteroatoms. The maximum atomic E-state index is 12.7. The SMILES string of the molecule is C=C1C[C@H](C)C[C@@H]2CC=C[C@@H](C/C=C\C(=O)O[C@H]([C@@H](O)/C=C/[C@@H]3CC(C)=CCO3)C/C=C/[C@@H](O)C1)O2.C=C1C[C@H](C)C[C@@H]2CC=C[C@@H](C/C=C\C(=O)O[C@H]([C@@H](O)/C=C/[C@@H]3CC(C)=CCO3)C[C@@H]3C[C@H]3[C@@H](O)C1)O2. The molecule has 0 radical (unpaired) electrons. The minimum absolute atomic E-state index is 0.0663. The number of rotatable bonds is 6. The summed E-state index contributed by atoms with van der Waals surface area (Å²) in [7, 11) is 0. The molecule has 4 N–H and O–H groups in total. The lowest BCUT2D eigenvalue weighted by molar-refractivity contribution is -0.148. The molecule has 0 amide bonds.